The third-order valence-electron chi connectivity index (χ3n) is 7.77. The van der Waals surface area contributed by atoms with E-state index in [4.69, 9.17) is 9.47 Å². The summed E-state index contributed by atoms with van der Waals surface area (Å²) in [5, 5.41) is 0. The summed E-state index contributed by atoms with van der Waals surface area (Å²) >= 11 is 0. The van der Waals surface area contributed by atoms with E-state index in [-0.39, 0.29) is 23.4 Å². The molecule has 172 valence electrons. The Bertz CT molecular complexity index is 782. The number of rotatable bonds is 3. The van der Waals surface area contributed by atoms with E-state index in [0.29, 0.717) is 12.0 Å². The Morgan fingerprint density at radius 3 is 2.42 bits per heavy atom. The Morgan fingerprint density at radius 1 is 1.13 bits per heavy atom. The molecule has 1 amide bonds. The molecule has 0 bridgehead atoms. The second-order valence-electron chi connectivity index (χ2n) is 11.0. The van der Waals surface area contributed by atoms with Crippen LogP contribution in [0.5, 0.6) is 0 Å². The van der Waals surface area contributed by atoms with Crippen LogP contribution in [0, 0.1) is 17.3 Å². The minimum Gasteiger partial charge on any atom is -0.469 e. The number of methoxy groups -OCH3 is 1. The molecule has 1 saturated carbocycles. The summed E-state index contributed by atoms with van der Waals surface area (Å²) in [4.78, 5) is 28.5. The SMILES string of the molecule is COC(=O)C1CCN(C2CCC3=CC(C4CN(C(=O)OC(C)(C)C)C4)=CCC32C)CC1. The molecular weight excluding hydrogens is 392 g/mol. The van der Waals surface area contributed by atoms with Crippen LogP contribution < -0.4 is 0 Å². The van der Waals surface area contributed by atoms with Crippen molar-refractivity contribution in [3.8, 4) is 0 Å². The van der Waals surface area contributed by atoms with Gasteiger partial charge in [-0.3, -0.25) is 9.69 Å². The van der Waals surface area contributed by atoms with Crippen molar-refractivity contribution in [1.82, 2.24) is 9.80 Å². The van der Waals surface area contributed by atoms with Crippen molar-refractivity contribution in [3.05, 3.63) is 23.3 Å². The molecule has 2 aliphatic heterocycles. The number of piperidine rings is 1. The summed E-state index contributed by atoms with van der Waals surface area (Å²) < 4.78 is 10.4. The summed E-state index contributed by atoms with van der Waals surface area (Å²) in [5.41, 5.74) is 2.72. The predicted molar refractivity (Wildman–Crippen MR) is 120 cm³/mol. The molecule has 0 aromatic carbocycles. The lowest BCUT2D eigenvalue weighted by atomic mass is 9.71. The van der Waals surface area contributed by atoms with Crippen LogP contribution in [0.15, 0.2) is 23.3 Å². The molecule has 4 rings (SSSR count). The van der Waals surface area contributed by atoms with Crippen LogP contribution in [0.25, 0.3) is 0 Å². The highest BCUT2D eigenvalue weighted by Crippen LogP contribution is 2.52. The maximum Gasteiger partial charge on any atom is 0.410 e. The van der Waals surface area contributed by atoms with E-state index in [0.717, 1.165) is 51.9 Å². The topological polar surface area (TPSA) is 59.1 Å². The Kier molecular flexibility index (Phi) is 5.97. The molecule has 0 spiro atoms. The van der Waals surface area contributed by atoms with Gasteiger partial charge in [0.1, 0.15) is 5.60 Å². The van der Waals surface area contributed by atoms with Crippen LogP contribution >= 0.6 is 0 Å². The van der Waals surface area contributed by atoms with Crippen molar-refractivity contribution < 1.29 is 19.1 Å². The number of hydrogen-bond acceptors (Lipinski definition) is 5. The lowest BCUT2D eigenvalue weighted by Gasteiger charge is -2.45. The number of ether oxygens (including phenoxy) is 2. The van der Waals surface area contributed by atoms with Crippen LogP contribution in [0.3, 0.4) is 0 Å². The smallest absolute Gasteiger partial charge is 0.410 e. The average Bonchev–Trinajstić information content (AvgIpc) is 3.01. The second-order valence-corrected chi connectivity index (χ2v) is 11.0. The largest absolute Gasteiger partial charge is 0.469 e. The number of allylic oxidation sites excluding steroid dienone is 2. The van der Waals surface area contributed by atoms with Gasteiger partial charge >= 0.3 is 12.1 Å². The fourth-order valence-corrected chi connectivity index (χ4v) is 5.85. The molecule has 31 heavy (non-hydrogen) atoms. The highest BCUT2D eigenvalue weighted by Gasteiger charge is 2.48. The molecule has 6 heteroatoms. The summed E-state index contributed by atoms with van der Waals surface area (Å²) in [5.74, 6) is 0.443. The first kappa shape index (κ1) is 22.4. The van der Waals surface area contributed by atoms with Gasteiger partial charge in [-0.15, -0.1) is 0 Å². The van der Waals surface area contributed by atoms with Gasteiger partial charge in [-0.2, -0.15) is 0 Å². The molecule has 0 aromatic rings. The first-order valence-corrected chi connectivity index (χ1v) is 11.8. The number of esters is 1. The number of amides is 1. The molecule has 0 aromatic heterocycles. The fraction of sp³-hybridized carbons (Fsp3) is 0.760. The molecule has 2 saturated heterocycles. The maximum absolute atomic E-state index is 12.2. The second kappa shape index (κ2) is 8.27. The third-order valence-corrected chi connectivity index (χ3v) is 7.77. The van der Waals surface area contributed by atoms with Gasteiger partial charge in [0.05, 0.1) is 13.0 Å². The molecule has 2 atom stereocenters. The van der Waals surface area contributed by atoms with E-state index < -0.39 is 5.60 Å². The maximum atomic E-state index is 12.2. The van der Waals surface area contributed by atoms with Crippen LogP contribution in [-0.2, 0) is 14.3 Å². The van der Waals surface area contributed by atoms with Crippen molar-refractivity contribution in [2.75, 3.05) is 33.3 Å². The van der Waals surface area contributed by atoms with Gasteiger partial charge in [-0.1, -0.05) is 24.6 Å². The van der Waals surface area contributed by atoms with E-state index >= 15 is 0 Å². The standard InChI is InChI=1S/C25H38N2O4/c1-24(2,3)31-23(29)27-15-19(16-27)18-8-11-25(4)20(14-18)6-7-21(25)26-12-9-17(10-13-26)22(28)30-5/h8,14,17,19,21H,6-7,9-13,15-16H2,1-5H3. The number of carbonyl (C=O) groups is 2. The highest BCUT2D eigenvalue weighted by molar-refractivity contribution is 5.72. The molecule has 4 aliphatic rings. The van der Waals surface area contributed by atoms with Gasteiger partial charge in [-0.25, -0.2) is 4.79 Å². The quantitative estimate of drug-likeness (QED) is 0.629. The number of fused-ring (bicyclic) bond motifs is 1. The lowest BCUT2D eigenvalue weighted by Crippen LogP contribution is -2.52. The molecule has 0 radical (unpaired) electrons. The van der Waals surface area contributed by atoms with Gasteiger partial charge in [0, 0.05) is 30.5 Å². The molecule has 0 N–H and O–H groups in total. The summed E-state index contributed by atoms with van der Waals surface area (Å²) in [6.07, 6.45) is 9.87. The van der Waals surface area contributed by atoms with E-state index in [9.17, 15) is 9.59 Å². The van der Waals surface area contributed by atoms with Crippen LogP contribution in [0.2, 0.25) is 0 Å². The zero-order valence-corrected chi connectivity index (χ0v) is 19.8. The molecule has 2 aliphatic carbocycles. The summed E-state index contributed by atoms with van der Waals surface area (Å²) in [7, 11) is 1.49. The monoisotopic (exact) mass is 430 g/mol. The van der Waals surface area contributed by atoms with Crippen molar-refractivity contribution in [2.45, 2.75) is 71.4 Å². The van der Waals surface area contributed by atoms with E-state index in [1.807, 2.05) is 25.7 Å². The molecular formula is C25H38N2O4. The van der Waals surface area contributed by atoms with Crippen molar-refractivity contribution in [1.29, 1.82) is 0 Å². The first-order valence-electron chi connectivity index (χ1n) is 11.8. The molecule has 2 heterocycles. The van der Waals surface area contributed by atoms with E-state index in [1.165, 1.54) is 19.1 Å². The number of hydrogen-bond donors (Lipinski definition) is 0. The first-order chi connectivity index (χ1) is 14.6. The van der Waals surface area contributed by atoms with Gasteiger partial charge in [0.2, 0.25) is 0 Å². The highest BCUT2D eigenvalue weighted by atomic mass is 16.6. The third kappa shape index (κ3) is 4.41. The minimum atomic E-state index is -0.444. The van der Waals surface area contributed by atoms with Gasteiger partial charge < -0.3 is 14.4 Å². The fourth-order valence-electron chi connectivity index (χ4n) is 5.85. The zero-order chi connectivity index (χ0) is 22.4. The number of likely N-dealkylation sites (tertiary alicyclic amines) is 2. The Morgan fingerprint density at radius 2 is 1.81 bits per heavy atom. The number of nitrogens with zero attached hydrogens (tertiary/aromatic N) is 2. The van der Waals surface area contributed by atoms with Crippen LogP contribution in [-0.4, -0.2) is 66.8 Å². The zero-order valence-electron chi connectivity index (χ0n) is 19.8. The van der Waals surface area contributed by atoms with Crippen molar-refractivity contribution in [2.24, 2.45) is 17.3 Å². The average molecular weight is 431 g/mol. The summed E-state index contributed by atoms with van der Waals surface area (Å²) in [6.45, 7) is 11.6. The van der Waals surface area contributed by atoms with Crippen molar-refractivity contribution in [3.63, 3.8) is 0 Å². The van der Waals surface area contributed by atoms with E-state index in [1.54, 1.807) is 5.57 Å². The Labute approximate surface area is 186 Å². The van der Waals surface area contributed by atoms with Gasteiger partial charge in [0.15, 0.2) is 0 Å². The van der Waals surface area contributed by atoms with Gasteiger partial charge in [-0.05, 0) is 71.5 Å². The van der Waals surface area contributed by atoms with Crippen molar-refractivity contribution >= 4 is 12.1 Å². The van der Waals surface area contributed by atoms with Crippen LogP contribution in [0.1, 0.15) is 59.8 Å². The minimum absolute atomic E-state index is 0.0518. The number of carbonyl (C=O) groups excluding carboxylic acids is 2. The van der Waals surface area contributed by atoms with Gasteiger partial charge in [0.25, 0.3) is 0 Å². The molecule has 6 nitrogen and oxygen atoms in total. The Hall–Kier alpha value is -1.82. The Balaban J connectivity index is 1.33. The van der Waals surface area contributed by atoms with Crippen LogP contribution in [0.4, 0.5) is 4.79 Å². The molecule has 3 fully saturated rings. The predicted octanol–water partition coefficient (Wildman–Crippen LogP) is 4.16. The molecule has 2 unspecified atom stereocenters. The lowest BCUT2D eigenvalue weighted by molar-refractivity contribution is -0.147. The van der Waals surface area contributed by atoms with E-state index in [2.05, 4.69) is 24.0 Å². The summed E-state index contributed by atoms with van der Waals surface area (Å²) in [6, 6.07) is 0.551. The normalized spacial score (nSPS) is 30.2.